The molecule has 6 aromatic rings. The molecule has 296 valence electrons. The van der Waals surface area contributed by atoms with Gasteiger partial charge in [0.25, 0.3) is 5.56 Å². The number of para-hydroxylation sites is 1. The Kier molecular flexibility index (Phi) is 8.99. The number of ketones is 1. The molecule has 58 heavy (non-hydrogen) atoms. The summed E-state index contributed by atoms with van der Waals surface area (Å²) in [4.78, 5) is 73.5. The monoisotopic (exact) mass is 785 g/mol. The number of amides is 2. The zero-order chi connectivity index (χ0) is 40.6. The highest BCUT2D eigenvalue weighted by molar-refractivity contribution is 6.03. The molecule has 1 N–H and O–H groups in total. The highest BCUT2D eigenvalue weighted by Crippen LogP contribution is 2.40. The van der Waals surface area contributed by atoms with Gasteiger partial charge >= 0.3 is 5.69 Å². The molecule has 0 saturated carbocycles. The lowest BCUT2D eigenvalue weighted by Crippen LogP contribution is -2.48. The molecule has 0 spiro atoms. The van der Waals surface area contributed by atoms with Gasteiger partial charge in [0, 0.05) is 68.1 Å². The number of carbonyl (C=O) groups is 3. The van der Waals surface area contributed by atoms with Gasteiger partial charge in [0.2, 0.25) is 11.8 Å². The van der Waals surface area contributed by atoms with Gasteiger partial charge in [0.15, 0.2) is 5.78 Å². The van der Waals surface area contributed by atoms with Crippen LogP contribution in [0.5, 0.6) is 11.5 Å². The standard InChI is InChI=1S/C43H40FN7O7/c1-47-20-31(29-15-38(50-18-26(44)19-50)45-16-30(29)42(47)55)25-13-36(57-3)32(37(14-25)58-4)21-49-17-24-9-8-23(12-28(24)35(52)22-49)27-6-5-7-33-40(27)48(2)43(56)51(33)34-10-11-39(53)46-41(34)54/h5-9,12-16,20,26,34H,10-11,17-19,21-22H2,1-4H3,(H,46,53,54). The molecule has 0 radical (unpaired) electrons. The highest BCUT2D eigenvalue weighted by Gasteiger charge is 2.33. The number of ether oxygens (including phenoxy) is 2. The van der Waals surface area contributed by atoms with Crippen LogP contribution in [0.25, 0.3) is 44.1 Å². The Bertz CT molecular complexity index is 2830. The average molecular weight is 786 g/mol. The summed E-state index contributed by atoms with van der Waals surface area (Å²) < 4.78 is 30.1. The number of anilines is 1. The molecular weight excluding hydrogens is 746 g/mol. The normalized spacial score (nSPS) is 17.4. The molecular formula is C43H40FN7O7. The summed E-state index contributed by atoms with van der Waals surface area (Å²) in [5.74, 6) is 0.765. The van der Waals surface area contributed by atoms with Crippen LogP contribution in [0.15, 0.2) is 76.6 Å². The van der Waals surface area contributed by atoms with E-state index in [1.54, 1.807) is 46.8 Å². The number of aryl methyl sites for hydroxylation is 2. The number of halogens is 1. The molecule has 3 aromatic carbocycles. The van der Waals surface area contributed by atoms with Crippen LogP contribution >= 0.6 is 0 Å². The molecule has 15 heteroatoms. The zero-order valence-electron chi connectivity index (χ0n) is 32.4. The number of hydrogen-bond donors (Lipinski definition) is 1. The third-order valence-electron chi connectivity index (χ3n) is 11.6. The lowest BCUT2D eigenvalue weighted by atomic mass is 9.92. The number of nitrogens with zero attached hydrogens (tertiary/aromatic N) is 6. The highest BCUT2D eigenvalue weighted by atomic mass is 19.1. The van der Waals surface area contributed by atoms with E-state index in [2.05, 4.69) is 10.3 Å². The molecule has 9 rings (SSSR count). The number of pyridine rings is 2. The van der Waals surface area contributed by atoms with Crippen molar-refractivity contribution in [3.05, 3.63) is 105 Å². The van der Waals surface area contributed by atoms with E-state index in [0.717, 1.165) is 33.4 Å². The Balaban J connectivity index is 1.02. The number of hydrogen-bond acceptors (Lipinski definition) is 10. The van der Waals surface area contributed by atoms with Crippen LogP contribution in [-0.4, -0.2) is 81.2 Å². The Morgan fingerprint density at radius 1 is 0.862 bits per heavy atom. The number of rotatable bonds is 8. The number of imidazole rings is 1. The Morgan fingerprint density at radius 3 is 2.33 bits per heavy atom. The van der Waals surface area contributed by atoms with Crippen LogP contribution in [0.2, 0.25) is 0 Å². The first-order valence-corrected chi connectivity index (χ1v) is 19.0. The number of carbonyl (C=O) groups excluding carboxylic acids is 3. The summed E-state index contributed by atoms with van der Waals surface area (Å²) in [6.45, 7) is 1.46. The first-order valence-electron chi connectivity index (χ1n) is 19.0. The van der Waals surface area contributed by atoms with Gasteiger partial charge in [-0.1, -0.05) is 24.3 Å². The number of methoxy groups -OCH3 is 2. The Morgan fingerprint density at radius 2 is 1.62 bits per heavy atom. The van der Waals surface area contributed by atoms with Crippen LogP contribution < -0.4 is 30.9 Å². The number of imide groups is 1. The van der Waals surface area contributed by atoms with Gasteiger partial charge < -0.3 is 18.9 Å². The van der Waals surface area contributed by atoms with Crippen molar-refractivity contribution in [2.45, 2.75) is 38.1 Å². The maximum absolute atomic E-state index is 13.9. The van der Waals surface area contributed by atoms with E-state index in [9.17, 15) is 28.4 Å². The maximum Gasteiger partial charge on any atom is 0.329 e. The molecule has 14 nitrogen and oxygen atoms in total. The van der Waals surface area contributed by atoms with Crippen LogP contribution in [-0.2, 0) is 36.8 Å². The van der Waals surface area contributed by atoms with Crippen molar-refractivity contribution >= 4 is 45.2 Å². The molecule has 0 bridgehead atoms. The molecule has 2 amide bonds. The second-order valence-electron chi connectivity index (χ2n) is 15.2. The number of nitrogens with one attached hydrogen (secondary N) is 1. The first-order chi connectivity index (χ1) is 27.9. The third kappa shape index (κ3) is 6.04. The van der Waals surface area contributed by atoms with Gasteiger partial charge in [-0.15, -0.1) is 0 Å². The second kappa shape index (κ2) is 14.1. The van der Waals surface area contributed by atoms with Gasteiger partial charge in [-0.3, -0.25) is 38.5 Å². The van der Waals surface area contributed by atoms with E-state index in [1.807, 2.05) is 58.3 Å². The number of alkyl halides is 1. The van der Waals surface area contributed by atoms with Crippen LogP contribution in [0, 0.1) is 0 Å². The van der Waals surface area contributed by atoms with E-state index in [4.69, 9.17) is 9.47 Å². The molecule has 0 aliphatic carbocycles. The van der Waals surface area contributed by atoms with Crippen LogP contribution in [0.4, 0.5) is 10.2 Å². The minimum atomic E-state index is -0.907. The van der Waals surface area contributed by atoms with Crippen molar-refractivity contribution in [3.63, 3.8) is 0 Å². The van der Waals surface area contributed by atoms with Gasteiger partial charge in [0.05, 0.1) is 55.8 Å². The Hall–Kier alpha value is -6.61. The second-order valence-corrected chi connectivity index (χ2v) is 15.2. The van der Waals surface area contributed by atoms with Crippen molar-refractivity contribution in [3.8, 4) is 33.8 Å². The smallest absolute Gasteiger partial charge is 0.329 e. The number of aromatic nitrogens is 4. The van der Waals surface area contributed by atoms with Gasteiger partial charge in [-0.25, -0.2) is 14.2 Å². The lowest BCUT2D eigenvalue weighted by Gasteiger charge is -2.35. The number of fused-ring (bicyclic) bond motifs is 3. The molecule has 2 saturated heterocycles. The minimum absolute atomic E-state index is 0.0674. The van der Waals surface area contributed by atoms with E-state index < -0.39 is 18.1 Å². The number of Topliss-reactive ketones (excluding diaryl/α,β-unsaturated/α-hetero) is 1. The Labute approximate surface area is 331 Å². The fraction of sp³-hybridized carbons (Fsp3) is 0.302. The zero-order valence-corrected chi connectivity index (χ0v) is 32.4. The maximum atomic E-state index is 13.9. The molecule has 3 aromatic heterocycles. The molecule has 3 aliphatic rings. The SMILES string of the molecule is COc1cc(-c2cn(C)c(=O)c3cnc(N4CC(F)C4)cc23)cc(OC)c1CN1CC(=O)c2cc(-c3cccc4c3n(C)c(=O)n4C3CCC(=O)NC3=O)ccc2C1. The fourth-order valence-corrected chi connectivity index (χ4v) is 8.62. The minimum Gasteiger partial charge on any atom is -0.496 e. The van der Waals surface area contributed by atoms with Gasteiger partial charge in [-0.2, -0.15) is 0 Å². The molecule has 1 unspecified atom stereocenters. The van der Waals surface area contributed by atoms with Gasteiger partial charge in [0.1, 0.15) is 29.5 Å². The molecule has 6 heterocycles. The predicted octanol–water partition coefficient (Wildman–Crippen LogP) is 4.27. The largest absolute Gasteiger partial charge is 0.496 e. The van der Waals surface area contributed by atoms with E-state index in [1.165, 1.54) is 13.7 Å². The summed E-state index contributed by atoms with van der Waals surface area (Å²) in [6.07, 6.45) is 2.77. The topological polar surface area (TPSA) is 150 Å². The van der Waals surface area contributed by atoms with Crippen molar-refractivity contribution in [2.24, 2.45) is 14.1 Å². The summed E-state index contributed by atoms with van der Waals surface area (Å²) in [7, 11) is 6.49. The molecule has 1 atom stereocenters. The van der Waals surface area contributed by atoms with Crippen LogP contribution in [0.3, 0.4) is 0 Å². The first kappa shape index (κ1) is 37.0. The van der Waals surface area contributed by atoms with Crippen molar-refractivity contribution in [1.29, 1.82) is 0 Å². The van der Waals surface area contributed by atoms with E-state index in [-0.39, 0.29) is 55.4 Å². The summed E-state index contributed by atoms with van der Waals surface area (Å²) in [6, 6.07) is 16.0. The number of piperidine rings is 1. The van der Waals surface area contributed by atoms with Crippen molar-refractivity contribution in [1.82, 2.24) is 28.9 Å². The van der Waals surface area contributed by atoms with Crippen LogP contribution in [0.1, 0.15) is 40.4 Å². The summed E-state index contributed by atoms with van der Waals surface area (Å²) in [5.41, 5.74) is 5.80. The summed E-state index contributed by atoms with van der Waals surface area (Å²) in [5, 5.41) is 3.46. The number of benzene rings is 3. The van der Waals surface area contributed by atoms with E-state index in [0.29, 0.717) is 57.8 Å². The molecule has 2 fully saturated rings. The molecule has 3 aliphatic heterocycles. The van der Waals surface area contributed by atoms with Crippen molar-refractivity contribution < 1.29 is 28.2 Å². The van der Waals surface area contributed by atoms with E-state index >= 15 is 0 Å². The summed E-state index contributed by atoms with van der Waals surface area (Å²) >= 11 is 0. The van der Waals surface area contributed by atoms with Crippen molar-refractivity contribution in [2.75, 3.05) is 38.8 Å². The average Bonchev–Trinajstić information content (AvgIpc) is 3.46. The lowest BCUT2D eigenvalue weighted by molar-refractivity contribution is -0.135. The quantitative estimate of drug-likeness (QED) is 0.222. The fourth-order valence-electron chi connectivity index (χ4n) is 8.62. The third-order valence-corrected chi connectivity index (χ3v) is 11.6. The predicted molar refractivity (Wildman–Crippen MR) is 215 cm³/mol. The van der Waals surface area contributed by atoms with Gasteiger partial charge in [-0.05, 0) is 53.4 Å².